The van der Waals surface area contributed by atoms with Gasteiger partial charge in [-0.3, -0.25) is 14.3 Å². The van der Waals surface area contributed by atoms with Gasteiger partial charge in [-0.05, 0) is 57.2 Å². The van der Waals surface area contributed by atoms with Gasteiger partial charge in [0, 0.05) is 25.2 Å². The maximum atomic E-state index is 13.0. The van der Waals surface area contributed by atoms with Gasteiger partial charge >= 0.3 is 0 Å². The van der Waals surface area contributed by atoms with Crippen LogP contribution in [0.15, 0.2) is 30.5 Å². The van der Waals surface area contributed by atoms with Crippen LogP contribution in [0.4, 0.5) is 0 Å². The lowest BCUT2D eigenvalue weighted by Crippen LogP contribution is -2.44. The van der Waals surface area contributed by atoms with Gasteiger partial charge in [0.1, 0.15) is 5.75 Å². The van der Waals surface area contributed by atoms with Crippen LogP contribution in [0.25, 0.3) is 0 Å². The standard InChI is InChI=1S/C22H31N5O3/c1-16(2)23-22(29)20-15-26(25-24-20)12-10-18-8-4-5-11-27(18)21(28)14-17-7-6-9-19(13-17)30-3/h6-7,9,13,15-16,18H,4-5,8,10-12,14H2,1-3H3,(H,23,29). The van der Waals surface area contributed by atoms with Crippen molar-refractivity contribution in [3.05, 3.63) is 41.7 Å². The first-order chi connectivity index (χ1) is 14.5. The first-order valence-corrected chi connectivity index (χ1v) is 10.6. The van der Waals surface area contributed by atoms with Crippen LogP contribution in [0, 0.1) is 0 Å². The van der Waals surface area contributed by atoms with Gasteiger partial charge in [0.25, 0.3) is 5.91 Å². The molecule has 162 valence electrons. The molecule has 0 aliphatic carbocycles. The van der Waals surface area contributed by atoms with Crippen molar-refractivity contribution in [2.24, 2.45) is 0 Å². The van der Waals surface area contributed by atoms with Crippen LogP contribution in [0.3, 0.4) is 0 Å². The lowest BCUT2D eigenvalue weighted by atomic mass is 9.98. The highest BCUT2D eigenvalue weighted by atomic mass is 16.5. The molecule has 1 fully saturated rings. The molecule has 8 nitrogen and oxygen atoms in total. The summed E-state index contributed by atoms with van der Waals surface area (Å²) in [5.41, 5.74) is 1.28. The van der Waals surface area contributed by atoms with Crippen LogP contribution in [-0.2, 0) is 17.8 Å². The number of hydrogen-bond acceptors (Lipinski definition) is 5. The number of amides is 2. The van der Waals surface area contributed by atoms with Crippen molar-refractivity contribution in [3.8, 4) is 5.75 Å². The predicted molar refractivity (Wildman–Crippen MR) is 113 cm³/mol. The van der Waals surface area contributed by atoms with E-state index in [9.17, 15) is 9.59 Å². The molecule has 1 N–H and O–H groups in total. The number of methoxy groups -OCH3 is 1. The molecule has 2 aromatic rings. The zero-order valence-corrected chi connectivity index (χ0v) is 18.0. The van der Waals surface area contributed by atoms with Gasteiger partial charge in [0.2, 0.25) is 5.91 Å². The molecule has 3 rings (SSSR count). The van der Waals surface area contributed by atoms with Gasteiger partial charge in [-0.1, -0.05) is 17.3 Å². The van der Waals surface area contributed by atoms with E-state index in [1.165, 1.54) is 0 Å². The van der Waals surface area contributed by atoms with E-state index >= 15 is 0 Å². The van der Waals surface area contributed by atoms with Crippen molar-refractivity contribution < 1.29 is 14.3 Å². The summed E-state index contributed by atoms with van der Waals surface area (Å²) in [6.07, 6.45) is 5.97. The maximum Gasteiger partial charge on any atom is 0.273 e. The smallest absolute Gasteiger partial charge is 0.273 e. The Kier molecular flexibility index (Phi) is 7.43. The predicted octanol–water partition coefficient (Wildman–Crippen LogP) is 2.44. The van der Waals surface area contributed by atoms with Gasteiger partial charge in [0.05, 0.1) is 19.7 Å². The van der Waals surface area contributed by atoms with Crippen molar-refractivity contribution in [1.82, 2.24) is 25.2 Å². The molecule has 2 heterocycles. The molecular formula is C22H31N5O3. The number of hydrogen-bond donors (Lipinski definition) is 1. The van der Waals surface area contributed by atoms with Gasteiger partial charge in [-0.15, -0.1) is 5.10 Å². The van der Waals surface area contributed by atoms with Crippen LogP contribution in [0.5, 0.6) is 5.75 Å². The topological polar surface area (TPSA) is 89.4 Å². The van der Waals surface area contributed by atoms with E-state index in [2.05, 4.69) is 15.6 Å². The first kappa shape index (κ1) is 21.8. The van der Waals surface area contributed by atoms with E-state index in [0.29, 0.717) is 18.7 Å². The molecule has 0 saturated carbocycles. The Bertz CT molecular complexity index is 864. The number of aryl methyl sites for hydroxylation is 1. The molecule has 8 heteroatoms. The molecule has 1 aromatic heterocycles. The molecule has 0 bridgehead atoms. The number of carbonyl (C=O) groups excluding carboxylic acids is 2. The van der Waals surface area contributed by atoms with E-state index in [0.717, 1.165) is 43.5 Å². The van der Waals surface area contributed by atoms with Gasteiger partial charge in [-0.2, -0.15) is 0 Å². The third kappa shape index (κ3) is 5.81. The van der Waals surface area contributed by atoms with Crippen LogP contribution < -0.4 is 10.1 Å². The summed E-state index contributed by atoms with van der Waals surface area (Å²) >= 11 is 0. The monoisotopic (exact) mass is 413 g/mol. The summed E-state index contributed by atoms with van der Waals surface area (Å²) in [5, 5.41) is 10.9. The second-order valence-corrected chi connectivity index (χ2v) is 8.05. The van der Waals surface area contributed by atoms with E-state index in [-0.39, 0.29) is 23.9 Å². The zero-order chi connectivity index (χ0) is 21.5. The molecule has 1 atom stereocenters. The molecule has 30 heavy (non-hydrogen) atoms. The van der Waals surface area contributed by atoms with E-state index in [4.69, 9.17) is 4.74 Å². The minimum Gasteiger partial charge on any atom is -0.497 e. The van der Waals surface area contributed by atoms with Crippen molar-refractivity contribution in [3.63, 3.8) is 0 Å². The van der Waals surface area contributed by atoms with Gasteiger partial charge in [0.15, 0.2) is 5.69 Å². The second-order valence-electron chi connectivity index (χ2n) is 8.05. The fourth-order valence-electron chi connectivity index (χ4n) is 3.82. The van der Waals surface area contributed by atoms with Crippen molar-refractivity contribution >= 4 is 11.8 Å². The third-order valence-electron chi connectivity index (χ3n) is 5.32. The molecule has 1 aromatic carbocycles. The Balaban J connectivity index is 1.58. The zero-order valence-electron chi connectivity index (χ0n) is 18.0. The molecule has 1 saturated heterocycles. The number of rotatable bonds is 8. The molecule has 2 amide bonds. The molecule has 0 radical (unpaired) electrons. The Morgan fingerprint density at radius 2 is 2.13 bits per heavy atom. The van der Waals surface area contributed by atoms with Crippen molar-refractivity contribution in [2.45, 2.75) is 64.6 Å². The van der Waals surface area contributed by atoms with Crippen LogP contribution in [0.1, 0.15) is 55.6 Å². The fraction of sp³-hybridized carbons (Fsp3) is 0.545. The Morgan fingerprint density at radius 1 is 1.30 bits per heavy atom. The lowest BCUT2D eigenvalue weighted by Gasteiger charge is -2.36. The molecule has 1 unspecified atom stereocenters. The van der Waals surface area contributed by atoms with Crippen LogP contribution in [-0.4, -0.2) is 57.4 Å². The fourth-order valence-corrected chi connectivity index (χ4v) is 3.82. The normalized spacial score (nSPS) is 16.5. The molecule has 0 spiro atoms. The first-order valence-electron chi connectivity index (χ1n) is 10.6. The third-order valence-corrected chi connectivity index (χ3v) is 5.32. The summed E-state index contributed by atoms with van der Waals surface area (Å²) in [6, 6.07) is 7.88. The van der Waals surface area contributed by atoms with E-state index in [1.807, 2.05) is 43.0 Å². The van der Waals surface area contributed by atoms with Crippen molar-refractivity contribution in [1.29, 1.82) is 0 Å². The summed E-state index contributed by atoms with van der Waals surface area (Å²) in [7, 11) is 1.63. The Labute approximate surface area is 177 Å². The second kappa shape index (κ2) is 10.2. The summed E-state index contributed by atoms with van der Waals surface area (Å²) < 4.78 is 6.95. The number of nitrogens with zero attached hydrogens (tertiary/aromatic N) is 4. The molecule has 1 aliphatic heterocycles. The molecular weight excluding hydrogens is 382 g/mol. The maximum absolute atomic E-state index is 13.0. The van der Waals surface area contributed by atoms with E-state index in [1.54, 1.807) is 18.0 Å². The quantitative estimate of drug-likeness (QED) is 0.718. The highest BCUT2D eigenvalue weighted by Crippen LogP contribution is 2.22. The van der Waals surface area contributed by atoms with Crippen LogP contribution in [0.2, 0.25) is 0 Å². The highest BCUT2D eigenvalue weighted by molar-refractivity contribution is 5.91. The number of piperidine rings is 1. The van der Waals surface area contributed by atoms with Crippen LogP contribution >= 0.6 is 0 Å². The van der Waals surface area contributed by atoms with Gasteiger partial charge in [-0.25, -0.2) is 0 Å². The number of ether oxygens (including phenoxy) is 1. The number of likely N-dealkylation sites (tertiary alicyclic amines) is 1. The largest absolute Gasteiger partial charge is 0.497 e. The Morgan fingerprint density at radius 3 is 2.90 bits per heavy atom. The van der Waals surface area contributed by atoms with E-state index < -0.39 is 0 Å². The minimum absolute atomic E-state index is 0.0500. The SMILES string of the molecule is COc1cccc(CC(=O)N2CCCCC2CCn2cc(C(=O)NC(C)C)nn2)c1. The minimum atomic E-state index is -0.219. The summed E-state index contributed by atoms with van der Waals surface area (Å²) in [5.74, 6) is 0.687. The average molecular weight is 414 g/mol. The summed E-state index contributed by atoms with van der Waals surface area (Å²) in [6.45, 7) is 5.22. The summed E-state index contributed by atoms with van der Waals surface area (Å²) in [4.78, 5) is 27.0. The number of aromatic nitrogens is 3. The molecule has 1 aliphatic rings. The number of carbonyl (C=O) groups is 2. The average Bonchev–Trinajstić information content (AvgIpc) is 3.21. The van der Waals surface area contributed by atoms with Crippen molar-refractivity contribution in [2.75, 3.05) is 13.7 Å². The number of nitrogens with one attached hydrogen (secondary N) is 1. The lowest BCUT2D eigenvalue weighted by molar-refractivity contribution is -0.134. The number of benzene rings is 1. The Hall–Kier alpha value is -2.90. The van der Waals surface area contributed by atoms with Gasteiger partial charge < -0.3 is 15.0 Å². The highest BCUT2D eigenvalue weighted by Gasteiger charge is 2.26.